The molecule has 4 aromatic rings. The van der Waals surface area contributed by atoms with Gasteiger partial charge in [0, 0.05) is 12.6 Å². The molecule has 1 heterocycles. The molecule has 8 heteroatoms. The quantitative estimate of drug-likeness (QED) is 0.401. The number of carboxylic acid groups (broad SMARTS) is 1. The van der Waals surface area contributed by atoms with Crippen LogP contribution in [0, 0.1) is 0 Å². The van der Waals surface area contributed by atoms with Crippen LogP contribution in [-0.2, 0) is 23.0 Å². The lowest BCUT2D eigenvalue weighted by atomic mass is 10.0. The van der Waals surface area contributed by atoms with Gasteiger partial charge in [-0.1, -0.05) is 84.1 Å². The third-order valence-electron chi connectivity index (χ3n) is 5.40. The smallest absolute Gasteiger partial charge is 0.413 e. The van der Waals surface area contributed by atoms with Crippen LogP contribution in [0.5, 0.6) is 0 Å². The molecule has 0 spiro atoms. The molecule has 4 rings (SSSR count). The molecule has 172 valence electrons. The van der Waals surface area contributed by atoms with Crippen molar-refractivity contribution in [2.75, 3.05) is 5.32 Å². The zero-order chi connectivity index (χ0) is 24.1. The number of rotatable bonds is 7. The van der Waals surface area contributed by atoms with Crippen molar-refractivity contribution in [2.24, 2.45) is 7.05 Å². The maximum absolute atomic E-state index is 12.5. The molecule has 0 fully saturated rings. The van der Waals surface area contributed by atoms with Crippen LogP contribution in [0.25, 0.3) is 22.4 Å². The van der Waals surface area contributed by atoms with Gasteiger partial charge in [0.05, 0.1) is 6.42 Å². The number of carbonyl (C=O) groups excluding carboxylic acids is 1. The molecule has 1 atom stereocenters. The third-order valence-corrected chi connectivity index (χ3v) is 5.40. The van der Waals surface area contributed by atoms with Crippen molar-refractivity contribution in [3.63, 3.8) is 0 Å². The summed E-state index contributed by atoms with van der Waals surface area (Å²) in [5.74, 6) is -0.431. The van der Waals surface area contributed by atoms with Crippen LogP contribution in [0.1, 0.15) is 24.2 Å². The zero-order valence-corrected chi connectivity index (χ0v) is 18.8. The Labute approximate surface area is 196 Å². The topological polar surface area (TPSA) is 106 Å². The molecule has 0 aliphatic heterocycles. The van der Waals surface area contributed by atoms with Gasteiger partial charge < -0.3 is 9.84 Å². The molecule has 3 aromatic carbocycles. The lowest BCUT2D eigenvalue weighted by molar-refractivity contribution is -0.136. The minimum absolute atomic E-state index is 0.00572. The molecular weight excluding hydrogens is 432 g/mol. The molecule has 1 amide bonds. The highest BCUT2D eigenvalue weighted by atomic mass is 16.6. The Morgan fingerprint density at radius 3 is 2.15 bits per heavy atom. The number of benzene rings is 3. The number of carbonyl (C=O) groups is 2. The largest absolute Gasteiger partial charge is 0.481 e. The van der Waals surface area contributed by atoms with Gasteiger partial charge in [-0.25, -0.2) is 9.48 Å². The normalized spacial score (nSPS) is 11.6. The second kappa shape index (κ2) is 9.99. The number of aromatic nitrogens is 3. The number of aryl methyl sites for hydroxylation is 1. The molecule has 0 aliphatic carbocycles. The van der Waals surface area contributed by atoms with Crippen molar-refractivity contribution < 1.29 is 19.4 Å². The molecule has 0 saturated carbocycles. The number of ether oxygens (including phenoxy) is 1. The van der Waals surface area contributed by atoms with E-state index in [1.165, 1.54) is 4.68 Å². The van der Waals surface area contributed by atoms with Gasteiger partial charge in [-0.05, 0) is 29.2 Å². The zero-order valence-electron chi connectivity index (χ0n) is 18.8. The number of anilines is 1. The predicted molar refractivity (Wildman–Crippen MR) is 128 cm³/mol. The number of amides is 1. The van der Waals surface area contributed by atoms with Gasteiger partial charge in [0.15, 0.2) is 5.82 Å². The molecule has 34 heavy (non-hydrogen) atoms. The van der Waals surface area contributed by atoms with Crippen molar-refractivity contribution in [1.29, 1.82) is 0 Å². The van der Waals surface area contributed by atoms with E-state index in [2.05, 4.69) is 15.6 Å². The Bertz CT molecular complexity index is 1280. The summed E-state index contributed by atoms with van der Waals surface area (Å²) in [5, 5.41) is 19.9. The standard InChI is InChI=1S/C26H24N4O4/c1-17(19-6-4-3-5-7-19)34-26(33)27-25-24(28-29-30(25)2)22-14-12-21(13-15-22)20-10-8-18(9-11-20)16-23(31)32/h3-15,17H,16H2,1-2H3,(H,27,33)(H,31,32)/t17-/m1/s1. The van der Waals surface area contributed by atoms with Crippen LogP contribution in [0.2, 0.25) is 0 Å². The van der Waals surface area contributed by atoms with Gasteiger partial charge in [-0.2, -0.15) is 0 Å². The molecule has 0 radical (unpaired) electrons. The highest BCUT2D eigenvalue weighted by Gasteiger charge is 2.18. The van der Waals surface area contributed by atoms with E-state index in [9.17, 15) is 9.59 Å². The maximum Gasteiger partial charge on any atom is 0.413 e. The molecule has 0 unspecified atom stereocenters. The molecule has 2 N–H and O–H groups in total. The van der Waals surface area contributed by atoms with Crippen LogP contribution in [0.15, 0.2) is 78.9 Å². The Morgan fingerprint density at radius 2 is 1.53 bits per heavy atom. The van der Waals surface area contributed by atoms with Crippen molar-refractivity contribution in [3.05, 3.63) is 90.0 Å². The van der Waals surface area contributed by atoms with Crippen LogP contribution >= 0.6 is 0 Å². The number of nitrogens with one attached hydrogen (secondary N) is 1. The Hall–Kier alpha value is -4.46. The number of aliphatic carboxylic acids is 1. The van der Waals surface area contributed by atoms with Crippen LogP contribution in [0.4, 0.5) is 10.6 Å². The van der Waals surface area contributed by atoms with E-state index in [1.807, 2.05) is 85.8 Å². The molecule has 8 nitrogen and oxygen atoms in total. The van der Waals surface area contributed by atoms with Crippen LogP contribution in [-0.4, -0.2) is 32.2 Å². The second-order valence-corrected chi connectivity index (χ2v) is 7.84. The van der Waals surface area contributed by atoms with E-state index in [1.54, 1.807) is 7.05 Å². The maximum atomic E-state index is 12.5. The fourth-order valence-electron chi connectivity index (χ4n) is 3.58. The Balaban J connectivity index is 1.48. The summed E-state index contributed by atoms with van der Waals surface area (Å²) in [6.45, 7) is 1.81. The number of nitrogens with zero attached hydrogens (tertiary/aromatic N) is 3. The molecule has 0 aliphatic rings. The van der Waals surface area contributed by atoms with E-state index >= 15 is 0 Å². The molecule has 0 bridgehead atoms. The summed E-state index contributed by atoms with van der Waals surface area (Å²) >= 11 is 0. The van der Waals surface area contributed by atoms with E-state index in [-0.39, 0.29) is 6.42 Å². The summed E-state index contributed by atoms with van der Waals surface area (Å²) in [5.41, 5.74) is 4.89. The van der Waals surface area contributed by atoms with E-state index in [0.717, 1.165) is 27.8 Å². The van der Waals surface area contributed by atoms with Gasteiger partial charge in [0.1, 0.15) is 11.8 Å². The van der Waals surface area contributed by atoms with Gasteiger partial charge in [0.2, 0.25) is 0 Å². The molecule has 1 aromatic heterocycles. The predicted octanol–water partition coefficient (Wildman–Crippen LogP) is 5.09. The van der Waals surface area contributed by atoms with Gasteiger partial charge in [0.25, 0.3) is 0 Å². The summed E-state index contributed by atoms with van der Waals surface area (Å²) in [6, 6.07) is 24.6. The van der Waals surface area contributed by atoms with Crippen LogP contribution < -0.4 is 5.32 Å². The van der Waals surface area contributed by atoms with E-state index < -0.39 is 18.2 Å². The van der Waals surface area contributed by atoms with Crippen molar-refractivity contribution in [1.82, 2.24) is 15.0 Å². The first-order chi connectivity index (χ1) is 16.4. The lowest BCUT2D eigenvalue weighted by Crippen LogP contribution is -2.18. The fraction of sp³-hybridized carbons (Fsp3) is 0.154. The molecular formula is C26H24N4O4. The van der Waals surface area contributed by atoms with Gasteiger partial charge >= 0.3 is 12.1 Å². The van der Waals surface area contributed by atoms with Crippen molar-refractivity contribution in [3.8, 4) is 22.4 Å². The van der Waals surface area contributed by atoms with Crippen molar-refractivity contribution in [2.45, 2.75) is 19.4 Å². The monoisotopic (exact) mass is 456 g/mol. The average Bonchev–Trinajstić information content (AvgIpc) is 3.19. The fourth-order valence-corrected chi connectivity index (χ4v) is 3.58. The summed E-state index contributed by atoms with van der Waals surface area (Å²) in [7, 11) is 1.69. The number of hydrogen-bond acceptors (Lipinski definition) is 5. The average molecular weight is 457 g/mol. The lowest BCUT2D eigenvalue weighted by Gasteiger charge is -2.14. The number of carboxylic acids is 1. The summed E-state index contributed by atoms with van der Waals surface area (Å²) in [4.78, 5) is 23.4. The number of hydrogen-bond donors (Lipinski definition) is 2. The van der Waals surface area contributed by atoms with Crippen molar-refractivity contribution >= 4 is 17.9 Å². The Morgan fingerprint density at radius 1 is 0.941 bits per heavy atom. The third kappa shape index (κ3) is 5.29. The highest BCUT2D eigenvalue weighted by Crippen LogP contribution is 2.29. The van der Waals surface area contributed by atoms with Gasteiger partial charge in [-0.3, -0.25) is 10.1 Å². The van der Waals surface area contributed by atoms with E-state index in [0.29, 0.717) is 11.5 Å². The first-order valence-corrected chi connectivity index (χ1v) is 10.7. The summed E-state index contributed by atoms with van der Waals surface area (Å²) in [6.07, 6.45) is -1.01. The summed E-state index contributed by atoms with van der Waals surface area (Å²) < 4.78 is 7.00. The Kier molecular flexibility index (Phi) is 6.68. The first kappa shape index (κ1) is 22.7. The minimum Gasteiger partial charge on any atom is -0.481 e. The SMILES string of the molecule is C[C@@H](OC(=O)Nc1c(-c2ccc(-c3ccc(CC(=O)O)cc3)cc2)nnn1C)c1ccccc1. The highest BCUT2D eigenvalue weighted by molar-refractivity contribution is 5.89. The second-order valence-electron chi connectivity index (χ2n) is 7.84. The van der Waals surface area contributed by atoms with Gasteiger partial charge in [-0.15, -0.1) is 5.10 Å². The molecule has 0 saturated heterocycles. The first-order valence-electron chi connectivity index (χ1n) is 10.7. The van der Waals surface area contributed by atoms with E-state index in [4.69, 9.17) is 9.84 Å². The minimum atomic E-state index is -0.858. The van der Waals surface area contributed by atoms with Crippen LogP contribution in [0.3, 0.4) is 0 Å².